The number of halogens is 1. The number of methoxy groups -OCH3 is 1. The van der Waals surface area contributed by atoms with Crippen molar-refractivity contribution in [1.29, 1.82) is 0 Å². The molecule has 0 saturated carbocycles. The highest BCUT2D eigenvalue weighted by Gasteiger charge is 2.14. The van der Waals surface area contributed by atoms with Gasteiger partial charge in [-0.15, -0.1) is 0 Å². The van der Waals surface area contributed by atoms with Crippen LogP contribution in [0.3, 0.4) is 0 Å². The molecular weight excluding hydrogens is 356 g/mol. The normalized spacial score (nSPS) is 11.0. The molecule has 128 valence electrons. The van der Waals surface area contributed by atoms with Crippen molar-refractivity contribution < 1.29 is 22.7 Å². The summed E-state index contributed by atoms with van der Waals surface area (Å²) < 4.78 is 33.2. The molecule has 0 saturated heterocycles. The minimum absolute atomic E-state index is 0.141. The Kier molecular flexibility index (Phi) is 5.66. The van der Waals surface area contributed by atoms with Gasteiger partial charge in [-0.2, -0.15) is 0 Å². The Morgan fingerprint density at radius 1 is 1.21 bits per heavy atom. The SMILES string of the molecule is COc1ccc(S(N)(=O)=O)cc1NC(=O)COc1ccc(Cl)cc1. The third-order valence-corrected chi connectivity index (χ3v) is 4.12. The number of primary sulfonamides is 1. The van der Waals surface area contributed by atoms with E-state index in [9.17, 15) is 13.2 Å². The Morgan fingerprint density at radius 2 is 1.88 bits per heavy atom. The van der Waals surface area contributed by atoms with Crippen LogP contribution in [0.1, 0.15) is 0 Å². The third kappa shape index (κ3) is 4.85. The molecule has 3 N–H and O–H groups in total. The molecule has 24 heavy (non-hydrogen) atoms. The number of rotatable bonds is 6. The summed E-state index contributed by atoms with van der Waals surface area (Å²) in [7, 11) is -2.50. The Morgan fingerprint density at radius 3 is 2.46 bits per heavy atom. The maximum atomic E-state index is 12.0. The van der Waals surface area contributed by atoms with Crippen LogP contribution in [0.5, 0.6) is 11.5 Å². The number of nitrogens with two attached hydrogens (primary N) is 1. The van der Waals surface area contributed by atoms with Crippen LogP contribution in [0, 0.1) is 0 Å². The smallest absolute Gasteiger partial charge is 0.262 e. The van der Waals surface area contributed by atoms with E-state index >= 15 is 0 Å². The Labute approximate surface area is 144 Å². The number of hydrogen-bond acceptors (Lipinski definition) is 5. The van der Waals surface area contributed by atoms with Gasteiger partial charge in [0.25, 0.3) is 5.91 Å². The summed E-state index contributed by atoms with van der Waals surface area (Å²) >= 11 is 5.76. The topological polar surface area (TPSA) is 108 Å². The van der Waals surface area contributed by atoms with Crippen LogP contribution >= 0.6 is 11.6 Å². The van der Waals surface area contributed by atoms with Crippen LogP contribution in [0.2, 0.25) is 5.02 Å². The van der Waals surface area contributed by atoms with E-state index in [0.717, 1.165) is 0 Å². The van der Waals surface area contributed by atoms with Gasteiger partial charge >= 0.3 is 0 Å². The summed E-state index contributed by atoms with van der Waals surface area (Å²) in [6, 6.07) is 10.4. The fourth-order valence-corrected chi connectivity index (χ4v) is 2.49. The quantitative estimate of drug-likeness (QED) is 0.808. The molecular formula is C15H15ClN2O5S. The summed E-state index contributed by atoms with van der Waals surface area (Å²) in [5.41, 5.74) is 0.175. The fourth-order valence-electron chi connectivity index (χ4n) is 1.83. The summed E-state index contributed by atoms with van der Waals surface area (Å²) in [5, 5.41) is 8.15. The number of sulfonamides is 1. The maximum Gasteiger partial charge on any atom is 0.262 e. The van der Waals surface area contributed by atoms with E-state index < -0.39 is 15.9 Å². The van der Waals surface area contributed by atoms with Crippen molar-refractivity contribution >= 4 is 33.2 Å². The molecule has 0 radical (unpaired) electrons. The average Bonchev–Trinajstić information content (AvgIpc) is 2.53. The second-order valence-electron chi connectivity index (χ2n) is 4.70. The van der Waals surface area contributed by atoms with Crippen molar-refractivity contribution in [2.75, 3.05) is 19.0 Å². The number of amides is 1. The molecule has 9 heteroatoms. The molecule has 7 nitrogen and oxygen atoms in total. The first-order valence-electron chi connectivity index (χ1n) is 6.68. The van der Waals surface area contributed by atoms with Gasteiger partial charge in [-0.3, -0.25) is 4.79 Å². The highest BCUT2D eigenvalue weighted by molar-refractivity contribution is 7.89. The monoisotopic (exact) mass is 370 g/mol. The molecule has 0 spiro atoms. The van der Waals surface area contributed by atoms with Gasteiger partial charge in [0.1, 0.15) is 11.5 Å². The van der Waals surface area contributed by atoms with Crippen LogP contribution in [0.25, 0.3) is 0 Å². The van der Waals surface area contributed by atoms with E-state index in [1.54, 1.807) is 24.3 Å². The minimum Gasteiger partial charge on any atom is -0.495 e. The first kappa shape index (κ1) is 18.1. The predicted molar refractivity (Wildman–Crippen MR) is 89.9 cm³/mol. The molecule has 1 amide bonds. The van der Waals surface area contributed by atoms with Crippen LogP contribution in [-0.4, -0.2) is 28.0 Å². The van der Waals surface area contributed by atoms with Gasteiger partial charge in [0.05, 0.1) is 17.7 Å². The molecule has 0 aromatic heterocycles. The molecule has 2 rings (SSSR count). The highest BCUT2D eigenvalue weighted by atomic mass is 35.5. The number of carbonyl (C=O) groups is 1. The zero-order chi connectivity index (χ0) is 17.7. The zero-order valence-electron chi connectivity index (χ0n) is 12.7. The maximum absolute atomic E-state index is 12.0. The molecule has 2 aromatic carbocycles. The van der Waals surface area contributed by atoms with Gasteiger partial charge in [0, 0.05) is 5.02 Å². The fraction of sp³-hybridized carbons (Fsp3) is 0.133. The standard InChI is InChI=1S/C15H15ClN2O5S/c1-22-14-7-6-12(24(17,20)21)8-13(14)18-15(19)9-23-11-4-2-10(16)3-5-11/h2-8H,9H2,1H3,(H,18,19)(H2,17,20,21). The lowest BCUT2D eigenvalue weighted by atomic mass is 10.3. The number of hydrogen-bond donors (Lipinski definition) is 2. The van der Waals surface area contributed by atoms with Gasteiger partial charge in [0.2, 0.25) is 10.0 Å². The van der Waals surface area contributed by atoms with Gasteiger partial charge in [-0.1, -0.05) is 11.6 Å². The molecule has 0 aliphatic heterocycles. The average molecular weight is 371 g/mol. The van der Waals surface area contributed by atoms with E-state index in [2.05, 4.69) is 5.32 Å². The predicted octanol–water partition coefficient (Wildman–Crippen LogP) is 2.01. The van der Waals surface area contributed by atoms with E-state index in [-0.39, 0.29) is 17.2 Å². The second-order valence-corrected chi connectivity index (χ2v) is 6.70. The molecule has 2 aromatic rings. The van der Waals surface area contributed by atoms with E-state index in [4.69, 9.17) is 26.2 Å². The summed E-state index contributed by atoms with van der Waals surface area (Å²) in [5.74, 6) is 0.275. The number of anilines is 1. The molecule has 0 heterocycles. The first-order chi connectivity index (χ1) is 11.3. The van der Waals surface area contributed by atoms with E-state index in [1.165, 1.54) is 25.3 Å². The first-order valence-corrected chi connectivity index (χ1v) is 8.61. The Bertz CT molecular complexity index is 837. The van der Waals surface area contributed by atoms with Crippen LogP contribution < -0.4 is 19.9 Å². The summed E-state index contributed by atoms with van der Waals surface area (Å²) in [4.78, 5) is 11.8. The molecule has 0 aliphatic carbocycles. The minimum atomic E-state index is -3.90. The van der Waals surface area contributed by atoms with Crippen molar-refractivity contribution in [2.24, 2.45) is 5.14 Å². The van der Waals surface area contributed by atoms with Crippen LogP contribution in [-0.2, 0) is 14.8 Å². The molecule has 0 atom stereocenters. The zero-order valence-corrected chi connectivity index (χ0v) is 14.2. The molecule has 0 unspecified atom stereocenters. The van der Waals surface area contributed by atoms with Crippen molar-refractivity contribution in [3.63, 3.8) is 0 Å². The van der Waals surface area contributed by atoms with Crippen molar-refractivity contribution in [2.45, 2.75) is 4.90 Å². The molecule has 0 fully saturated rings. The van der Waals surface area contributed by atoms with Gasteiger partial charge in [0.15, 0.2) is 6.61 Å². The van der Waals surface area contributed by atoms with Crippen molar-refractivity contribution in [3.8, 4) is 11.5 Å². The molecule has 0 aliphatic rings. The number of ether oxygens (including phenoxy) is 2. The van der Waals surface area contributed by atoms with Crippen molar-refractivity contribution in [3.05, 3.63) is 47.5 Å². The number of nitrogens with one attached hydrogen (secondary N) is 1. The Hall–Kier alpha value is -2.29. The van der Waals surface area contributed by atoms with Gasteiger partial charge < -0.3 is 14.8 Å². The number of carbonyl (C=O) groups excluding carboxylic acids is 1. The van der Waals surface area contributed by atoms with Crippen molar-refractivity contribution in [1.82, 2.24) is 0 Å². The second kappa shape index (κ2) is 7.52. The lowest BCUT2D eigenvalue weighted by molar-refractivity contribution is -0.118. The summed E-state index contributed by atoms with van der Waals surface area (Å²) in [6.07, 6.45) is 0. The largest absolute Gasteiger partial charge is 0.495 e. The summed E-state index contributed by atoms with van der Waals surface area (Å²) in [6.45, 7) is -0.273. The Balaban J connectivity index is 2.08. The van der Waals surface area contributed by atoms with Gasteiger partial charge in [-0.05, 0) is 42.5 Å². The third-order valence-electron chi connectivity index (χ3n) is 2.96. The van der Waals surface area contributed by atoms with E-state index in [0.29, 0.717) is 16.5 Å². The lowest BCUT2D eigenvalue weighted by Gasteiger charge is -2.12. The van der Waals surface area contributed by atoms with Gasteiger partial charge in [-0.25, -0.2) is 13.6 Å². The highest BCUT2D eigenvalue weighted by Crippen LogP contribution is 2.27. The molecule has 0 bridgehead atoms. The van der Waals surface area contributed by atoms with Crippen LogP contribution in [0.4, 0.5) is 5.69 Å². The van der Waals surface area contributed by atoms with Crippen LogP contribution in [0.15, 0.2) is 47.4 Å². The number of benzene rings is 2. The van der Waals surface area contributed by atoms with E-state index in [1.807, 2.05) is 0 Å². The lowest BCUT2D eigenvalue weighted by Crippen LogP contribution is -2.21.